The van der Waals surface area contributed by atoms with Gasteiger partial charge in [-0.1, -0.05) is 48.9 Å². The Balaban J connectivity index is 1.73. The Labute approximate surface area is 156 Å². The van der Waals surface area contributed by atoms with Gasteiger partial charge in [0, 0.05) is 18.1 Å². The van der Waals surface area contributed by atoms with Crippen LogP contribution in [0.3, 0.4) is 0 Å². The van der Waals surface area contributed by atoms with Crippen molar-refractivity contribution in [2.75, 3.05) is 12.3 Å². The van der Waals surface area contributed by atoms with E-state index in [1.165, 1.54) is 6.07 Å². The fourth-order valence-electron chi connectivity index (χ4n) is 2.17. The van der Waals surface area contributed by atoms with Gasteiger partial charge in [0.1, 0.15) is 11.6 Å². The summed E-state index contributed by atoms with van der Waals surface area (Å²) in [6.07, 6.45) is -0.0455. The van der Waals surface area contributed by atoms with Crippen molar-refractivity contribution in [3.05, 3.63) is 64.9 Å². The second-order valence-electron chi connectivity index (χ2n) is 5.38. The minimum absolute atomic E-state index is 0.172. The molecule has 1 N–H and O–H groups in total. The first kappa shape index (κ1) is 19.6. The van der Waals surface area contributed by atoms with Crippen LogP contribution in [-0.4, -0.2) is 24.3 Å². The van der Waals surface area contributed by atoms with Gasteiger partial charge < -0.3 is 10.1 Å². The summed E-state index contributed by atoms with van der Waals surface area (Å²) in [5.74, 6) is 1.41. The normalized spacial score (nSPS) is 11.8. The number of hydrogen-bond acceptors (Lipinski definition) is 3. The summed E-state index contributed by atoms with van der Waals surface area (Å²) in [5.41, 5.74) is 0.673. The molecule has 134 valence electrons. The Kier molecular flexibility index (Phi) is 8.09. The molecule has 2 rings (SSSR count). The molecule has 0 aliphatic heterocycles. The molecule has 0 saturated heterocycles. The first-order chi connectivity index (χ1) is 12.1. The molecule has 3 nitrogen and oxygen atoms in total. The van der Waals surface area contributed by atoms with Crippen LogP contribution in [-0.2, 0) is 10.5 Å². The standard InChI is InChI=1S/C19H21ClFNO2S/c1-2-17(24-18-10-6-4-8-15(18)20)19(23)22-11-12-25-13-14-7-3-5-9-16(14)21/h3-10,17H,2,11-13H2,1H3,(H,22,23)/t17-/m0/s1. The Morgan fingerprint density at radius 2 is 1.96 bits per heavy atom. The van der Waals surface area contributed by atoms with Crippen LogP contribution in [0.5, 0.6) is 5.75 Å². The van der Waals surface area contributed by atoms with Crippen LogP contribution in [0.25, 0.3) is 0 Å². The van der Waals surface area contributed by atoms with E-state index in [0.29, 0.717) is 40.8 Å². The number of rotatable bonds is 9. The van der Waals surface area contributed by atoms with Crippen LogP contribution in [0.15, 0.2) is 48.5 Å². The lowest BCUT2D eigenvalue weighted by Crippen LogP contribution is -2.39. The van der Waals surface area contributed by atoms with Crippen molar-refractivity contribution in [1.29, 1.82) is 0 Å². The molecule has 0 aliphatic rings. The maximum absolute atomic E-state index is 13.5. The molecule has 0 aromatic heterocycles. The van der Waals surface area contributed by atoms with Gasteiger partial charge in [0.25, 0.3) is 5.91 Å². The Hall–Kier alpha value is -1.72. The number of thioether (sulfide) groups is 1. The van der Waals surface area contributed by atoms with Gasteiger partial charge in [0.15, 0.2) is 6.10 Å². The predicted molar refractivity (Wildman–Crippen MR) is 102 cm³/mol. The van der Waals surface area contributed by atoms with Crippen LogP contribution < -0.4 is 10.1 Å². The van der Waals surface area contributed by atoms with Crippen molar-refractivity contribution in [2.24, 2.45) is 0 Å². The number of para-hydroxylation sites is 1. The average Bonchev–Trinajstić information content (AvgIpc) is 2.62. The van der Waals surface area contributed by atoms with E-state index >= 15 is 0 Å². The maximum Gasteiger partial charge on any atom is 0.261 e. The molecule has 6 heteroatoms. The van der Waals surface area contributed by atoms with Gasteiger partial charge >= 0.3 is 0 Å². The second kappa shape index (κ2) is 10.3. The maximum atomic E-state index is 13.5. The van der Waals surface area contributed by atoms with Crippen LogP contribution >= 0.6 is 23.4 Å². The summed E-state index contributed by atoms with van der Waals surface area (Å²) < 4.78 is 19.2. The summed E-state index contributed by atoms with van der Waals surface area (Å²) in [4.78, 5) is 12.2. The van der Waals surface area contributed by atoms with Crippen molar-refractivity contribution >= 4 is 29.3 Å². The molecule has 0 aliphatic carbocycles. The minimum Gasteiger partial charge on any atom is -0.479 e. The first-order valence-corrected chi connectivity index (χ1v) is 9.65. The zero-order chi connectivity index (χ0) is 18.1. The summed E-state index contributed by atoms with van der Waals surface area (Å²) in [7, 11) is 0. The molecule has 1 atom stereocenters. The van der Waals surface area contributed by atoms with Crippen molar-refractivity contribution in [2.45, 2.75) is 25.2 Å². The highest BCUT2D eigenvalue weighted by molar-refractivity contribution is 7.98. The van der Waals surface area contributed by atoms with Gasteiger partial charge in [-0.25, -0.2) is 4.39 Å². The third-order valence-electron chi connectivity index (χ3n) is 3.53. The Bertz CT molecular complexity index is 699. The van der Waals surface area contributed by atoms with E-state index in [4.69, 9.17) is 16.3 Å². The Morgan fingerprint density at radius 3 is 2.68 bits per heavy atom. The third-order valence-corrected chi connectivity index (χ3v) is 4.85. The van der Waals surface area contributed by atoms with E-state index in [1.54, 1.807) is 36.0 Å². The van der Waals surface area contributed by atoms with E-state index in [9.17, 15) is 9.18 Å². The molecule has 0 saturated carbocycles. The van der Waals surface area contributed by atoms with Crippen molar-refractivity contribution in [1.82, 2.24) is 5.32 Å². The molecule has 1 amide bonds. The number of nitrogens with one attached hydrogen (secondary N) is 1. The van der Waals surface area contributed by atoms with E-state index < -0.39 is 6.10 Å². The number of halogens is 2. The molecule has 0 spiro atoms. The number of amides is 1. The van der Waals surface area contributed by atoms with Crippen LogP contribution in [0.2, 0.25) is 5.02 Å². The number of carbonyl (C=O) groups excluding carboxylic acids is 1. The fourth-order valence-corrected chi connectivity index (χ4v) is 3.20. The average molecular weight is 382 g/mol. The van der Waals surface area contributed by atoms with E-state index in [2.05, 4.69) is 5.32 Å². The van der Waals surface area contributed by atoms with Gasteiger partial charge in [0.05, 0.1) is 5.02 Å². The molecule has 0 radical (unpaired) electrons. The van der Waals surface area contributed by atoms with E-state index in [-0.39, 0.29) is 11.7 Å². The van der Waals surface area contributed by atoms with Crippen LogP contribution in [0, 0.1) is 5.82 Å². The number of ether oxygens (including phenoxy) is 1. The summed E-state index contributed by atoms with van der Waals surface area (Å²) >= 11 is 7.63. The molecule has 0 bridgehead atoms. The lowest BCUT2D eigenvalue weighted by molar-refractivity contribution is -0.127. The fraction of sp³-hybridized carbons (Fsp3) is 0.316. The SMILES string of the molecule is CC[C@H](Oc1ccccc1Cl)C(=O)NCCSCc1ccccc1F. The molecule has 25 heavy (non-hydrogen) atoms. The predicted octanol–water partition coefficient (Wildman–Crippen LogP) is 4.69. The molecule has 0 unspecified atom stereocenters. The summed E-state index contributed by atoms with van der Waals surface area (Å²) in [5, 5.41) is 3.33. The molecule has 0 heterocycles. The van der Waals surface area contributed by atoms with Gasteiger partial charge in [-0.05, 0) is 30.2 Å². The summed E-state index contributed by atoms with van der Waals surface area (Å²) in [6, 6.07) is 13.8. The third kappa shape index (κ3) is 6.25. The van der Waals surface area contributed by atoms with Gasteiger partial charge in [-0.2, -0.15) is 11.8 Å². The lowest BCUT2D eigenvalue weighted by atomic mass is 10.2. The largest absolute Gasteiger partial charge is 0.479 e. The van der Waals surface area contributed by atoms with Crippen molar-refractivity contribution in [3.8, 4) is 5.75 Å². The van der Waals surface area contributed by atoms with Gasteiger partial charge in [0.2, 0.25) is 0 Å². The van der Waals surface area contributed by atoms with Crippen LogP contribution in [0.1, 0.15) is 18.9 Å². The van der Waals surface area contributed by atoms with Crippen molar-refractivity contribution in [3.63, 3.8) is 0 Å². The highest BCUT2D eigenvalue weighted by Gasteiger charge is 2.18. The second-order valence-corrected chi connectivity index (χ2v) is 6.89. The highest BCUT2D eigenvalue weighted by Crippen LogP contribution is 2.24. The monoisotopic (exact) mass is 381 g/mol. The molecule has 2 aromatic rings. The first-order valence-electron chi connectivity index (χ1n) is 8.12. The lowest BCUT2D eigenvalue weighted by Gasteiger charge is -2.18. The van der Waals surface area contributed by atoms with E-state index in [1.807, 2.05) is 25.1 Å². The molecular weight excluding hydrogens is 361 g/mol. The summed E-state index contributed by atoms with van der Waals surface area (Å²) in [6.45, 7) is 2.38. The smallest absolute Gasteiger partial charge is 0.261 e. The minimum atomic E-state index is -0.587. The topological polar surface area (TPSA) is 38.3 Å². The number of benzene rings is 2. The number of carbonyl (C=O) groups is 1. The van der Waals surface area contributed by atoms with Gasteiger partial charge in [-0.15, -0.1) is 0 Å². The molecule has 0 fully saturated rings. The molecular formula is C19H21ClFNO2S. The van der Waals surface area contributed by atoms with Gasteiger partial charge in [-0.3, -0.25) is 4.79 Å². The quantitative estimate of drug-likeness (QED) is 0.640. The molecule has 2 aromatic carbocycles. The van der Waals surface area contributed by atoms with E-state index in [0.717, 1.165) is 0 Å². The number of hydrogen-bond donors (Lipinski definition) is 1. The zero-order valence-electron chi connectivity index (χ0n) is 14.0. The zero-order valence-corrected chi connectivity index (χ0v) is 15.6. The van der Waals surface area contributed by atoms with Crippen LogP contribution in [0.4, 0.5) is 4.39 Å². The highest BCUT2D eigenvalue weighted by atomic mass is 35.5. The van der Waals surface area contributed by atoms with Crippen molar-refractivity contribution < 1.29 is 13.9 Å². The Morgan fingerprint density at radius 1 is 1.24 bits per heavy atom.